The van der Waals surface area contributed by atoms with Crippen molar-refractivity contribution in [3.8, 4) is 0 Å². The number of aromatic nitrogens is 1. The Balaban J connectivity index is 0.000000321. The minimum absolute atomic E-state index is 0.00480. The first-order valence-electron chi connectivity index (χ1n) is 8.38. The molecule has 1 aromatic rings. The summed E-state index contributed by atoms with van der Waals surface area (Å²) in [5.41, 5.74) is 0.811. The summed E-state index contributed by atoms with van der Waals surface area (Å²) in [6, 6.07) is 5.79. The van der Waals surface area contributed by atoms with Crippen molar-refractivity contribution in [2.24, 2.45) is 0 Å². The Kier molecular flexibility index (Phi) is 7.14. The predicted molar refractivity (Wildman–Crippen MR) is 86.9 cm³/mol. The van der Waals surface area contributed by atoms with E-state index in [4.69, 9.17) is 19.4 Å². The number of hydrogen-bond acceptors (Lipinski definition) is 5. The lowest BCUT2D eigenvalue weighted by Crippen LogP contribution is -2.46. The van der Waals surface area contributed by atoms with Gasteiger partial charge in [0.25, 0.3) is 0 Å². The van der Waals surface area contributed by atoms with Crippen LogP contribution in [-0.4, -0.2) is 71.6 Å². The fraction of sp³-hybridized carbons (Fsp3) is 0.588. The van der Waals surface area contributed by atoms with Gasteiger partial charge in [0.1, 0.15) is 6.10 Å². The Labute approximate surface area is 154 Å². The molecule has 1 N–H and O–H groups in total. The van der Waals surface area contributed by atoms with E-state index < -0.39 is 12.1 Å². The van der Waals surface area contributed by atoms with Crippen molar-refractivity contribution in [1.29, 1.82) is 0 Å². The maximum atomic E-state index is 12.5. The predicted octanol–water partition coefficient (Wildman–Crippen LogP) is 1.66. The molecule has 0 spiro atoms. The molecule has 7 nitrogen and oxygen atoms in total. The normalized spacial score (nSPS) is 24.6. The molecule has 10 heteroatoms. The summed E-state index contributed by atoms with van der Waals surface area (Å²) in [4.78, 5) is 27.6. The topological polar surface area (TPSA) is 89.0 Å². The van der Waals surface area contributed by atoms with Crippen LogP contribution in [0.2, 0.25) is 0 Å². The molecule has 2 fully saturated rings. The maximum absolute atomic E-state index is 12.5. The zero-order chi connectivity index (χ0) is 20.0. The van der Waals surface area contributed by atoms with Crippen molar-refractivity contribution in [2.45, 2.75) is 43.7 Å². The Hall–Kier alpha value is -2.20. The van der Waals surface area contributed by atoms with Gasteiger partial charge in [-0.3, -0.25) is 9.78 Å². The van der Waals surface area contributed by atoms with Gasteiger partial charge in [0.2, 0.25) is 5.91 Å². The third kappa shape index (κ3) is 5.64. The first-order chi connectivity index (χ1) is 12.7. The number of carbonyl (C=O) groups excluding carboxylic acids is 1. The van der Waals surface area contributed by atoms with E-state index in [1.54, 1.807) is 13.3 Å². The smallest absolute Gasteiger partial charge is 0.475 e. The number of methoxy groups -OCH3 is 1. The molecule has 2 aliphatic rings. The third-order valence-electron chi connectivity index (χ3n) is 4.45. The van der Waals surface area contributed by atoms with E-state index >= 15 is 0 Å². The number of hydrogen-bond donors (Lipinski definition) is 1. The summed E-state index contributed by atoms with van der Waals surface area (Å²) in [5.74, 6) is -2.64. The van der Waals surface area contributed by atoms with Crippen molar-refractivity contribution >= 4 is 11.9 Å². The molecule has 2 heterocycles. The summed E-state index contributed by atoms with van der Waals surface area (Å²) >= 11 is 0. The fourth-order valence-electron chi connectivity index (χ4n) is 3.27. The number of amides is 1. The van der Waals surface area contributed by atoms with E-state index in [-0.39, 0.29) is 24.2 Å². The van der Waals surface area contributed by atoms with Gasteiger partial charge in [-0.05, 0) is 25.0 Å². The molecule has 0 radical (unpaired) electrons. The van der Waals surface area contributed by atoms with Crippen molar-refractivity contribution in [2.75, 3.05) is 20.3 Å². The fourth-order valence-corrected chi connectivity index (χ4v) is 3.27. The van der Waals surface area contributed by atoms with Crippen LogP contribution in [0.4, 0.5) is 13.2 Å². The third-order valence-corrected chi connectivity index (χ3v) is 4.45. The Morgan fingerprint density at radius 3 is 2.63 bits per heavy atom. The second-order valence-corrected chi connectivity index (χ2v) is 6.14. The number of fused-ring (bicyclic) bond motifs is 2. The number of nitrogens with zero attached hydrogens (tertiary/aromatic N) is 2. The van der Waals surface area contributed by atoms with Gasteiger partial charge in [0.05, 0.1) is 25.2 Å². The number of carboxylic acid groups (broad SMARTS) is 1. The number of ether oxygens (including phenoxy) is 2. The molecular formula is C17H21F3N2O5. The minimum atomic E-state index is -5.08. The molecule has 1 aliphatic carbocycles. The van der Waals surface area contributed by atoms with Crippen molar-refractivity contribution < 1.29 is 37.3 Å². The number of rotatable bonds is 3. The van der Waals surface area contributed by atoms with Gasteiger partial charge in [-0.1, -0.05) is 6.07 Å². The van der Waals surface area contributed by atoms with Crippen LogP contribution in [0, 0.1) is 0 Å². The number of halogens is 3. The highest BCUT2D eigenvalue weighted by atomic mass is 19.4. The molecule has 1 saturated carbocycles. The van der Waals surface area contributed by atoms with Crippen LogP contribution in [0.15, 0.2) is 24.4 Å². The second kappa shape index (κ2) is 9.14. The summed E-state index contributed by atoms with van der Waals surface area (Å²) < 4.78 is 43.1. The zero-order valence-corrected chi connectivity index (χ0v) is 14.7. The first kappa shape index (κ1) is 21.1. The number of pyridine rings is 1. The van der Waals surface area contributed by atoms with Crippen LogP contribution in [0.3, 0.4) is 0 Å². The van der Waals surface area contributed by atoms with Gasteiger partial charge in [-0.2, -0.15) is 13.2 Å². The van der Waals surface area contributed by atoms with Gasteiger partial charge in [0, 0.05) is 25.5 Å². The van der Waals surface area contributed by atoms with Crippen LogP contribution < -0.4 is 0 Å². The number of alkyl halides is 3. The van der Waals surface area contributed by atoms with E-state index in [2.05, 4.69) is 4.98 Å². The molecule has 3 atom stereocenters. The largest absolute Gasteiger partial charge is 0.490 e. The van der Waals surface area contributed by atoms with Gasteiger partial charge >= 0.3 is 12.1 Å². The van der Waals surface area contributed by atoms with Crippen LogP contribution in [0.1, 0.15) is 18.5 Å². The molecule has 0 aromatic carbocycles. The summed E-state index contributed by atoms with van der Waals surface area (Å²) in [7, 11) is 1.70. The minimum Gasteiger partial charge on any atom is -0.475 e. The van der Waals surface area contributed by atoms with Crippen LogP contribution in [0.5, 0.6) is 0 Å². The van der Waals surface area contributed by atoms with E-state index in [1.807, 2.05) is 23.1 Å². The zero-order valence-electron chi connectivity index (χ0n) is 14.7. The summed E-state index contributed by atoms with van der Waals surface area (Å²) in [6.45, 7) is 1.24. The number of carboxylic acids is 1. The van der Waals surface area contributed by atoms with E-state index in [0.29, 0.717) is 19.6 Å². The van der Waals surface area contributed by atoms with E-state index in [9.17, 15) is 18.0 Å². The number of carbonyl (C=O) groups is 2. The summed E-state index contributed by atoms with van der Waals surface area (Å²) in [6.07, 6.45) is -0.952. The SMILES string of the molecule is COC1C2CCC1N(C(=O)Cc1ccccn1)CCO2.O=C(O)C(F)(F)F. The Morgan fingerprint density at radius 2 is 2.07 bits per heavy atom. The van der Waals surface area contributed by atoms with Crippen LogP contribution in [-0.2, 0) is 25.5 Å². The molecule has 1 amide bonds. The van der Waals surface area contributed by atoms with Gasteiger partial charge < -0.3 is 19.5 Å². The number of aliphatic carboxylic acids is 1. The first-order valence-corrected chi connectivity index (χ1v) is 8.38. The molecule has 2 bridgehead atoms. The average Bonchev–Trinajstić information content (AvgIpc) is 2.90. The van der Waals surface area contributed by atoms with Crippen molar-refractivity contribution in [1.82, 2.24) is 9.88 Å². The lowest BCUT2D eigenvalue weighted by Gasteiger charge is -2.30. The van der Waals surface area contributed by atoms with E-state index in [1.165, 1.54) is 0 Å². The Bertz CT molecular complexity index is 641. The van der Waals surface area contributed by atoms with Gasteiger partial charge in [0.15, 0.2) is 0 Å². The van der Waals surface area contributed by atoms with Crippen molar-refractivity contribution in [3.63, 3.8) is 0 Å². The highest BCUT2D eigenvalue weighted by Gasteiger charge is 2.44. The molecule has 3 rings (SSSR count). The molecular weight excluding hydrogens is 369 g/mol. The monoisotopic (exact) mass is 390 g/mol. The molecule has 1 aliphatic heterocycles. The van der Waals surface area contributed by atoms with E-state index in [0.717, 1.165) is 18.5 Å². The van der Waals surface area contributed by atoms with Crippen molar-refractivity contribution in [3.05, 3.63) is 30.1 Å². The quantitative estimate of drug-likeness (QED) is 0.845. The maximum Gasteiger partial charge on any atom is 0.490 e. The van der Waals surface area contributed by atoms with Crippen LogP contribution in [0.25, 0.3) is 0 Å². The highest BCUT2D eigenvalue weighted by Crippen LogP contribution is 2.31. The molecule has 27 heavy (non-hydrogen) atoms. The average molecular weight is 390 g/mol. The molecule has 1 saturated heterocycles. The molecule has 150 valence electrons. The second-order valence-electron chi connectivity index (χ2n) is 6.14. The summed E-state index contributed by atoms with van der Waals surface area (Å²) in [5, 5.41) is 7.12. The standard InChI is InChI=1S/C15H20N2O3.C2HF3O2/c1-19-15-12-5-6-13(15)20-9-8-17(12)14(18)10-11-4-2-3-7-16-11;3-2(4,5)1(6)7/h2-4,7,12-13,15H,5-6,8-10H2,1H3;(H,6,7). The van der Waals surface area contributed by atoms with Gasteiger partial charge in [-0.25, -0.2) is 4.79 Å². The lowest BCUT2D eigenvalue weighted by atomic mass is 10.1. The Morgan fingerprint density at radius 1 is 1.37 bits per heavy atom. The highest BCUT2D eigenvalue weighted by molar-refractivity contribution is 5.78. The molecule has 3 unspecified atom stereocenters. The van der Waals surface area contributed by atoms with Crippen LogP contribution >= 0.6 is 0 Å². The molecule has 1 aromatic heterocycles. The van der Waals surface area contributed by atoms with Gasteiger partial charge in [-0.15, -0.1) is 0 Å². The lowest BCUT2D eigenvalue weighted by molar-refractivity contribution is -0.192.